The van der Waals surface area contributed by atoms with Gasteiger partial charge in [0.25, 0.3) is 0 Å². The predicted molar refractivity (Wildman–Crippen MR) is 86.8 cm³/mol. The third-order valence-electron chi connectivity index (χ3n) is 3.81. The van der Waals surface area contributed by atoms with Gasteiger partial charge in [-0.3, -0.25) is 0 Å². The third kappa shape index (κ3) is 12.3. The predicted octanol–water partition coefficient (Wildman–Crippen LogP) is 5.66. The molecule has 0 rings (SSSR count). The summed E-state index contributed by atoms with van der Waals surface area (Å²) in [5.41, 5.74) is 0. The minimum atomic E-state index is -0.283. The molecule has 0 spiro atoms. The summed E-state index contributed by atoms with van der Waals surface area (Å²) < 4.78 is 5.23. The Labute approximate surface area is 126 Å². The van der Waals surface area contributed by atoms with Gasteiger partial charge in [-0.05, 0) is 18.8 Å². The summed E-state index contributed by atoms with van der Waals surface area (Å²) in [5, 5.41) is 0. The van der Waals surface area contributed by atoms with Gasteiger partial charge >= 0.3 is 5.97 Å². The van der Waals surface area contributed by atoms with Gasteiger partial charge in [-0.1, -0.05) is 78.2 Å². The molecule has 2 nitrogen and oxygen atoms in total. The van der Waals surface area contributed by atoms with E-state index in [2.05, 4.69) is 20.4 Å². The monoisotopic (exact) mass is 282 g/mol. The van der Waals surface area contributed by atoms with Crippen molar-refractivity contribution in [3.05, 3.63) is 12.7 Å². The molecule has 0 aliphatic carbocycles. The van der Waals surface area contributed by atoms with Crippen LogP contribution in [0.3, 0.4) is 0 Å². The Morgan fingerprint density at radius 1 is 0.950 bits per heavy atom. The Morgan fingerprint density at radius 3 is 1.95 bits per heavy atom. The van der Waals surface area contributed by atoms with E-state index in [0.717, 1.165) is 0 Å². The SMILES string of the molecule is C=CC(=O)OCC(CCCCCC)CCCCCCC. The highest BCUT2D eigenvalue weighted by Crippen LogP contribution is 2.19. The molecule has 0 fully saturated rings. The van der Waals surface area contributed by atoms with E-state index in [9.17, 15) is 4.79 Å². The molecule has 0 amide bonds. The number of carbonyl (C=O) groups excluding carboxylic acids is 1. The molecule has 0 aliphatic rings. The Bertz CT molecular complexity index is 236. The Morgan fingerprint density at radius 2 is 1.45 bits per heavy atom. The summed E-state index contributed by atoms with van der Waals surface area (Å²) in [5.74, 6) is 0.256. The Hall–Kier alpha value is -0.790. The van der Waals surface area contributed by atoms with Crippen molar-refractivity contribution in [3.8, 4) is 0 Å². The first-order chi connectivity index (χ1) is 9.74. The Balaban J connectivity index is 3.84. The summed E-state index contributed by atoms with van der Waals surface area (Å²) in [6.07, 6.45) is 15.3. The highest BCUT2D eigenvalue weighted by atomic mass is 16.5. The van der Waals surface area contributed by atoms with Gasteiger partial charge in [0, 0.05) is 6.08 Å². The summed E-state index contributed by atoms with van der Waals surface area (Å²) in [7, 11) is 0. The number of hydrogen-bond acceptors (Lipinski definition) is 2. The van der Waals surface area contributed by atoms with Crippen LogP contribution >= 0.6 is 0 Å². The van der Waals surface area contributed by atoms with Crippen LogP contribution in [0.1, 0.15) is 84.5 Å². The number of esters is 1. The van der Waals surface area contributed by atoms with Crippen molar-refractivity contribution in [2.24, 2.45) is 5.92 Å². The second kappa shape index (κ2) is 14.6. The molecule has 0 radical (unpaired) electrons. The van der Waals surface area contributed by atoms with Gasteiger partial charge in [0.15, 0.2) is 0 Å². The molecule has 20 heavy (non-hydrogen) atoms. The first-order valence-electron chi connectivity index (χ1n) is 8.53. The van der Waals surface area contributed by atoms with E-state index < -0.39 is 0 Å². The van der Waals surface area contributed by atoms with Gasteiger partial charge in [0.2, 0.25) is 0 Å². The summed E-state index contributed by atoms with van der Waals surface area (Å²) >= 11 is 0. The van der Waals surface area contributed by atoms with Crippen LogP contribution in [0.4, 0.5) is 0 Å². The van der Waals surface area contributed by atoms with Crippen molar-refractivity contribution >= 4 is 5.97 Å². The van der Waals surface area contributed by atoms with E-state index in [4.69, 9.17) is 4.74 Å². The molecule has 0 bridgehead atoms. The zero-order valence-electron chi connectivity index (χ0n) is 13.7. The molecule has 1 atom stereocenters. The first-order valence-corrected chi connectivity index (χ1v) is 8.53. The van der Waals surface area contributed by atoms with E-state index in [0.29, 0.717) is 12.5 Å². The fourth-order valence-electron chi connectivity index (χ4n) is 2.47. The molecule has 0 aromatic heterocycles. The van der Waals surface area contributed by atoms with Crippen LogP contribution in [0.5, 0.6) is 0 Å². The van der Waals surface area contributed by atoms with Crippen LogP contribution in [-0.2, 0) is 9.53 Å². The minimum absolute atomic E-state index is 0.283. The van der Waals surface area contributed by atoms with Gasteiger partial charge in [-0.15, -0.1) is 0 Å². The van der Waals surface area contributed by atoms with Crippen LogP contribution in [0, 0.1) is 5.92 Å². The third-order valence-corrected chi connectivity index (χ3v) is 3.81. The van der Waals surface area contributed by atoms with E-state index in [1.54, 1.807) is 0 Å². The molecular formula is C18H34O2. The van der Waals surface area contributed by atoms with Crippen molar-refractivity contribution in [3.63, 3.8) is 0 Å². The van der Waals surface area contributed by atoms with Crippen molar-refractivity contribution in [1.29, 1.82) is 0 Å². The highest BCUT2D eigenvalue weighted by molar-refractivity contribution is 5.81. The fourth-order valence-corrected chi connectivity index (χ4v) is 2.47. The van der Waals surface area contributed by atoms with Crippen molar-refractivity contribution < 1.29 is 9.53 Å². The molecular weight excluding hydrogens is 248 g/mol. The van der Waals surface area contributed by atoms with Gasteiger partial charge in [0.05, 0.1) is 6.61 Å². The zero-order valence-corrected chi connectivity index (χ0v) is 13.7. The zero-order chi connectivity index (χ0) is 15.1. The molecule has 2 heteroatoms. The molecule has 0 aromatic carbocycles. The van der Waals surface area contributed by atoms with Crippen LogP contribution < -0.4 is 0 Å². The van der Waals surface area contributed by atoms with Gasteiger partial charge < -0.3 is 4.74 Å². The normalized spacial score (nSPS) is 12.1. The molecule has 0 aromatic rings. The van der Waals surface area contributed by atoms with Crippen LogP contribution in [0.15, 0.2) is 12.7 Å². The van der Waals surface area contributed by atoms with Crippen LogP contribution in [0.25, 0.3) is 0 Å². The van der Waals surface area contributed by atoms with Gasteiger partial charge in [-0.2, -0.15) is 0 Å². The smallest absolute Gasteiger partial charge is 0.330 e. The number of unbranched alkanes of at least 4 members (excludes halogenated alkanes) is 7. The summed E-state index contributed by atoms with van der Waals surface area (Å²) in [6, 6.07) is 0. The van der Waals surface area contributed by atoms with E-state index in [-0.39, 0.29) is 5.97 Å². The lowest BCUT2D eigenvalue weighted by molar-refractivity contribution is -0.139. The van der Waals surface area contributed by atoms with Crippen LogP contribution in [0.2, 0.25) is 0 Å². The molecule has 118 valence electrons. The lowest BCUT2D eigenvalue weighted by Crippen LogP contribution is -2.13. The van der Waals surface area contributed by atoms with E-state index in [1.165, 1.54) is 76.7 Å². The topological polar surface area (TPSA) is 26.3 Å². The number of hydrogen-bond donors (Lipinski definition) is 0. The maximum Gasteiger partial charge on any atom is 0.330 e. The quantitative estimate of drug-likeness (QED) is 0.233. The first kappa shape index (κ1) is 19.2. The van der Waals surface area contributed by atoms with Crippen LogP contribution in [-0.4, -0.2) is 12.6 Å². The Kier molecular flexibility index (Phi) is 14.0. The number of carbonyl (C=O) groups is 1. The van der Waals surface area contributed by atoms with E-state index in [1.807, 2.05) is 0 Å². The fraction of sp³-hybridized carbons (Fsp3) is 0.833. The maximum absolute atomic E-state index is 11.2. The minimum Gasteiger partial charge on any atom is -0.462 e. The second-order valence-electron chi connectivity index (χ2n) is 5.75. The molecule has 0 heterocycles. The summed E-state index contributed by atoms with van der Waals surface area (Å²) in [6.45, 7) is 8.50. The maximum atomic E-state index is 11.2. The molecule has 0 saturated heterocycles. The number of rotatable bonds is 14. The average molecular weight is 282 g/mol. The molecule has 0 saturated carbocycles. The van der Waals surface area contributed by atoms with Crippen molar-refractivity contribution in [2.45, 2.75) is 84.5 Å². The van der Waals surface area contributed by atoms with Crippen molar-refractivity contribution in [1.82, 2.24) is 0 Å². The average Bonchev–Trinajstić information content (AvgIpc) is 2.47. The van der Waals surface area contributed by atoms with Gasteiger partial charge in [0.1, 0.15) is 0 Å². The lowest BCUT2D eigenvalue weighted by Gasteiger charge is -2.16. The molecule has 0 N–H and O–H groups in total. The molecule has 0 aliphatic heterocycles. The van der Waals surface area contributed by atoms with E-state index >= 15 is 0 Å². The van der Waals surface area contributed by atoms with Gasteiger partial charge in [-0.25, -0.2) is 4.79 Å². The highest BCUT2D eigenvalue weighted by Gasteiger charge is 2.10. The lowest BCUT2D eigenvalue weighted by atomic mass is 9.95. The standard InChI is InChI=1S/C18H34O2/c1-4-7-9-11-13-15-17(14-12-10-8-5-2)16-20-18(19)6-3/h6,17H,3-5,7-16H2,1-2H3. The second-order valence-corrected chi connectivity index (χ2v) is 5.75. The van der Waals surface area contributed by atoms with Crippen molar-refractivity contribution in [2.75, 3.05) is 6.61 Å². The number of ether oxygens (including phenoxy) is 1. The summed E-state index contributed by atoms with van der Waals surface area (Å²) in [4.78, 5) is 11.2. The molecule has 1 unspecified atom stereocenters. The largest absolute Gasteiger partial charge is 0.462 e.